The Hall–Kier alpha value is -1.88. The van der Waals surface area contributed by atoms with Crippen molar-refractivity contribution >= 4 is 17.5 Å². The van der Waals surface area contributed by atoms with Crippen LogP contribution in [-0.2, 0) is 9.59 Å². The van der Waals surface area contributed by atoms with Gasteiger partial charge in [-0.2, -0.15) is 0 Å². The Kier molecular flexibility index (Phi) is 3.94. The highest BCUT2D eigenvalue weighted by atomic mass is 16.2. The number of hydrogen-bond donors (Lipinski definition) is 2. The number of rotatable bonds is 4. The molecule has 0 saturated carbocycles. The van der Waals surface area contributed by atoms with Gasteiger partial charge in [0.1, 0.15) is 6.04 Å². The van der Waals surface area contributed by atoms with Gasteiger partial charge in [-0.1, -0.05) is 18.2 Å². The largest absolute Gasteiger partial charge is 0.343 e. The van der Waals surface area contributed by atoms with Crippen molar-refractivity contribution in [3.05, 3.63) is 30.3 Å². The lowest BCUT2D eigenvalue weighted by Gasteiger charge is -2.17. The molecule has 1 aliphatic heterocycles. The van der Waals surface area contributed by atoms with Gasteiger partial charge < -0.3 is 15.5 Å². The van der Waals surface area contributed by atoms with E-state index < -0.39 is 6.04 Å². The van der Waals surface area contributed by atoms with Crippen molar-refractivity contribution in [2.45, 2.75) is 12.5 Å². The lowest BCUT2D eigenvalue weighted by Crippen LogP contribution is -2.44. The van der Waals surface area contributed by atoms with Crippen LogP contribution in [0.15, 0.2) is 30.3 Å². The summed E-state index contributed by atoms with van der Waals surface area (Å²) in [5, 5.41) is 5.50. The maximum Gasteiger partial charge on any atom is 0.249 e. The van der Waals surface area contributed by atoms with E-state index in [-0.39, 0.29) is 18.4 Å². The molecular weight excluding hydrogens is 230 g/mol. The average molecular weight is 247 g/mol. The molecule has 2 amide bonds. The number of carbonyl (C=O) groups excluding carboxylic acids is 2. The van der Waals surface area contributed by atoms with E-state index in [9.17, 15) is 9.59 Å². The zero-order valence-electron chi connectivity index (χ0n) is 10.3. The molecule has 2 N–H and O–H groups in total. The maximum absolute atomic E-state index is 12.1. The van der Waals surface area contributed by atoms with Crippen molar-refractivity contribution in [2.24, 2.45) is 0 Å². The van der Waals surface area contributed by atoms with Gasteiger partial charge in [0.15, 0.2) is 0 Å². The van der Waals surface area contributed by atoms with E-state index in [1.807, 2.05) is 30.3 Å². The Morgan fingerprint density at radius 2 is 2.11 bits per heavy atom. The number of nitrogens with one attached hydrogen (secondary N) is 2. The fourth-order valence-corrected chi connectivity index (χ4v) is 2.08. The van der Waals surface area contributed by atoms with Gasteiger partial charge in [0.05, 0.1) is 6.54 Å². The van der Waals surface area contributed by atoms with E-state index in [2.05, 4.69) is 10.6 Å². The normalized spacial score (nSPS) is 19.1. The molecule has 0 aliphatic carbocycles. The van der Waals surface area contributed by atoms with Crippen LogP contribution in [0.25, 0.3) is 0 Å². The zero-order valence-corrected chi connectivity index (χ0v) is 10.3. The second-order valence-electron chi connectivity index (χ2n) is 4.26. The van der Waals surface area contributed by atoms with E-state index in [1.165, 1.54) is 0 Å². The van der Waals surface area contributed by atoms with E-state index in [0.717, 1.165) is 5.69 Å². The number of nitrogens with zero attached hydrogens (tertiary/aromatic N) is 1. The van der Waals surface area contributed by atoms with Crippen molar-refractivity contribution in [2.75, 3.05) is 25.0 Å². The van der Waals surface area contributed by atoms with Gasteiger partial charge >= 0.3 is 0 Å². The van der Waals surface area contributed by atoms with E-state index >= 15 is 0 Å². The molecule has 1 aromatic carbocycles. The summed E-state index contributed by atoms with van der Waals surface area (Å²) in [4.78, 5) is 25.3. The highest BCUT2D eigenvalue weighted by Gasteiger charge is 2.33. The third-order valence-electron chi connectivity index (χ3n) is 2.95. The summed E-state index contributed by atoms with van der Waals surface area (Å²) in [6, 6.07) is 9.11. The Morgan fingerprint density at radius 1 is 1.39 bits per heavy atom. The number of likely N-dealkylation sites (N-methyl/N-ethyl adjacent to an activating group) is 1. The second kappa shape index (κ2) is 5.64. The quantitative estimate of drug-likeness (QED) is 0.795. The first-order chi connectivity index (χ1) is 8.72. The molecule has 1 atom stereocenters. The summed E-state index contributed by atoms with van der Waals surface area (Å²) in [6.07, 6.45) is 0.656. The molecule has 18 heavy (non-hydrogen) atoms. The lowest BCUT2D eigenvalue weighted by atomic mass is 10.2. The molecule has 1 heterocycles. The SMILES string of the molecule is CNCC(=O)NC1CCN(c2ccccc2)C1=O. The summed E-state index contributed by atoms with van der Waals surface area (Å²) in [6.45, 7) is 0.877. The number of anilines is 1. The molecule has 2 rings (SSSR count). The smallest absolute Gasteiger partial charge is 0.249 e. The second-order valence-corrected chi connectivity index (χ2v) is 4.26. The highest BCUT2D eigenvalue weighted by molar-refractivity contribution is 6.01. The predicted molar refractivity (Wildman–Crippen MR) is 69.3 cm³/mol. The minimum absolute atomic E-state index is 0.0364. The minimum atomic E-state index is -0.397. The van der Waals surface area contributed by atoms with Gasteiger partial charge in [-0.25, -0.2) is 0 Å². The summed E-state index contributed by atoms with van der Waals surface area (Å²) in [7, 11) is 1.70. The van der Waals surface area contributed by atoms with E-state index in [0.29, 0.717) is 13.0 Å². The van der Waals surface area contributed by atoms with Crippen molar-refractivity contribution < 1.29 is 9.59 Å². The molecule has 0 spiro atoms. The van der Waals surface area contributed by atoms with E-state index in [4.69, 9.17) is 0 Å². The number of para-hydroxylation sites is 1. The van der Waals surface area contributed by atoms with Gasteiger partial charge in [-0.15, -0.1) is 0 Å². The van der Waals surface area contributed by atoms with Crippen LogP contribution < -0.4 is 15.5 Å². The molecule has 1 unspecified atom stereocenters. The molecule has 5 heteroatoms. The summed E-state index contributed by atoms with van der Waals surface area (Å²) in [5.74, 6) is -0.184. The van der Waals surface area contributed by atoms with Crippen molar-refractivity contribution in [1.29, 1.82) is 0 Å². The Labute approximate surface area is 106 Å². The Morgan fingerprint density at radius 3 is 2.78 bits per heavy atom. The van der Waals surface area contributed by atoms with Gasteiger partial charge in [-0.3, -0.25) is 9.59 Å². The molecular formula is C13H17N3O2. The average Bonchev–Trinajstić information content (AvgIpc) is 2.72. The molecule has 0 aromatic heterocycles. The van der Waals surface area contributed by atoms with Crippen LogP contribution in [0, 0.1) is 0 Å². The topological polar surface area (TPSA) is 61.4 Å². The predicted octanol–water partition coefficient (Wildman–Crippen LogP) is 0.127. The van der Waals surface area contributed by atoms with Crippen molar-refractivity contribution in [3.8, 4) is 0 Å². The van der Waals surface area contributed by atoms with Crippen LogP contribution in [0.4, 0.5) is 5.69 Å². The number of amides is 2. The van der Waals surface area contributed by atoms with Gasteiger partial charge in [0.2, 0.25) is 11.8 Å². The first kappa shape index (κ1) is 12.6. The monoisotopic (exact) mass is 247 g/mol. The van der Waals surface area contributed by atoms with Gasteiger partial charge in [0, 0.05) is 12.2 Å². The van der Waals surface area contributed by atoms with Crippen LogP contribution in [0.1, 0.15) is 6.42 Å². The van der Waals surface area contributed by atoms with Crippen LogP contribution in [0.5, 0.6) is 0 Å². The molecule has 1 fully saturated rings. The maximum atomic E-state index is 12.1. The lowest BCUT2D eigenvalue weighted by molar-refractivity contribution is -0.125. The molecule has 1 saturated heterocycles. The Bertz CT molecular complexity index is 433. The molecule has 1 aliphatic rings. The fourth-order valence-electron chi connectivity index (χ4n) is 2.08. The van der Waals surface area contributed by atoms with Gasteiger partial charge in [-0.05, 0) is 25.6 Å². The zero-order chi connectivity index (χ0) is 13.0. The first-order valence-corrected chi connectivity index (χ1v) is 6.03. The standard InChI is InChI=1S/C13H17N3O2/c1-14-9-12(17)15-11-7-8-16(13(11)18)10-5-3-2-4-6-10/h2-6,11,14H,7-9H2,1H3,(H,15,17). The summed E-state index contributed by atoms with van der Waals surface area (Å²) in [5.41, 5.74) is 0.882. The van der Waals surface area contributed by atoms with Crippen LogP contribution in [0.3, 0.4) is 0 Å². The van der Waals surface area contributed by atoms with Crippen LogP contribution in [0.2, 0.25) is 0 Å². The Balaban J connectivity index is 1.99. The summed E-state index contributed by atoms with van der Waals surface area (Å²) >= 11 is 0. The molecule has 0 radical (unpaired) electrons. The van der Waals surface area contributed by atoms with Crippen molar-refractivity contribution in [3.63, 3.8) is 0 Å². The first-order valence-electron chi connectivity index (χ1n) is 6.03. The molecule has 5 nitrogen and oxygen atoms in total. The van der Waals surface area contributed by atoms with Gasteiger partial charge in [0.25, 0.3) is 0 Å². The number of benzene rings is 1. The van der Waals surface area contributed by atoms with Crippen LogP contribution >= 0.6 is 0 Å². The third kappa shape index (κ3) is 2.68. The minimum Gasteiger partial charge on any atom is -0.343 e. The fraction of sp³-hybridized carbons (Fsp3) is 0.385. The van der Waals surface area contributed by atoms with Crippen LogP contribution in [-0.4, -0.2) is 38.0 Å². The van der Waals surface area contributed by atoms with E-state index in [1.54, 1.807) is 11.9 Å². The molecule has 0 bridgehead atoms. The third-order valence-corrected chi connectivity index (χ3v) is 2.95. The van der Waals surface area contributed by atoms with Crippen molar-refractivity contribution in [1.82, 2.24) is 10.6 Å². The molecule has 1 aromatic rings. The summed E-state index contributed by atoms with van der Waals surface area (Å²) < 4.78 is 0. The number of hydrogen-bond acceptors (Lipinski definition) is 3. The number of carbonyl (C=O) groups is 2. The highest BCUT2D eigenvalue weighted by Crippen LogP contribution is 2.20. The molecule has 96 valence electrons.